The number of unbranched alkanes of at least 4 members (excludes halogenated alkanes) is 55. The first-order valence-electron chi connectivity index (χ1n) is 36.4. The summed E-state index contributed by atoms with van der Waals surface area (Å²) in [6.45, 7) is 3.85. The van der Waals surface area contributed by atoms with E-state index >= 15 is 0 Å². The Morgan fingerprint density at radius 2 is 0.679 bits per heavy atom. The Bertz CT molecular complexity index is 1280. The van der Waals surface area contributed by atoms with Gasteiger partial charge in [0.2, 0.25) is 5.91 Å². The van der Waals surface area contributed by atoms with Gasteiger partial charge in [-0.3, -0.25) is 4.79 Å². The van der Waals surface area contributed by atoms with Gasteiger partial charge in [0, 0.05) is 6.42 Å². The van der Waals surface area contributed by atoms with Gasteiger partial charge in [-0.1, -0.05) is 373 Å². The predicted molar refractivity (Wildman–Crippen MR) is 346 cm³/mol. The number of allylic oxidation sites excluding steroid dienone is 1. The summed E-state index contributed by atoms with van der Waals surface area (Å²) in [5.74, 6) is -0.166. The molecular formula is C72H141NO8. The topological polar surface area (TPSA) is 149 Å². The minimum absolute atomic E-state index is 0.166. The van der Waals surface area contributed by atoms with Crippen LogP contribution in [-0.2, 0) is 14.3 Å². The zero-order valence-electron chi connectivity index (χ0n) is 54.1. The Hall–Kier alpha value is -1.07. The summed E-state index contributed by atoms with van der Waals surface area (Å²) < 4.78 is 11.3. The minimum atomic E-state index is -1.56. The Balaban J connectivity index is 2.10. The van der Waals surface area contributed by atoms with Crippen molar-refractivity contribution in [3.63, 3.8) is 0 Å². The minimum Gasteiger partial charge on any atom is -0.394 e. The highest BCUT2D eigenvalue weighted by Gasteiger charge is 2.44. The lowest BCUT2D eigenvalue weighted by Crippen LogP contribution is -2.60. The SMILES string of the molecule is CCCCCCCCCCCCCCCCCCCCCCCCCCCCCC/C=C/C(O)C(COC1OC(CO)C(O)C(O)C1O)NC(=O)CCCCCCCCCCCCCCCCCCCCCCCCCCCCCC. The highest BCUT2D eigenvalue weighted by molar-refractivity contribution is 5.76. The van der Waals surface area contributed by atoms with Gasteiger partial charge in [0.05, 0.1) is 25.4 Å². The van der Waals surface area contributed by atoms with Crippen LogP contribution >= 0.6 is 0 Å². The molecule has 0 aromatic rings. The molecular weight excluding hydrogens is 1010 g/mol. The van der Waals surface area contributed by atoms with Crippen molar-refractivity contribution in [2.24, 2.45) is 0 Å². The molecule has 482 valence electrons. The zero-order chi connectivity index (χ0) is 58.6. The van der Waals surface area contributed by atoms with Crippen molar-refractivity contribution in [1.29, 1.82) is 0 Å². The van der Waals surface area contributed by atoms with E-state index in [1.807, 2.05) is 6.08 Å². The van der Waals surface area contributed by atoms with Gasteiger partial charge in [-0.05, 0) is 19.3 Å². The lowest BCUT2D eigenvalue weighted by atomic mass is 9.99. The van der Waals surface area contributed by atoms with E-state index in [4.69, 9.17) is 9.47 Å². The van der Waals surface area contributed by atoms with E-state index in [0.717, 1.165) is 38.5 Å². The molecule has 1 saturated heterocycles. The standard InChI is InChI=1S/C72H141NO8/c1-3-5-7-9-11-13-15-17-19-21-23-25-27-29-31-33-34-35-37-39-41-43-45-47-49-51-53-55-57-59-61-66(75)65(64-80-72-71(79)70(78)69(77)67(63-74)81-72)73-68(76)62-60-58-56-54-52-50-48-46-44-42-40-38-36-32-30-28-26-24-22-20-18-16-14-12-10-8-6-4-2/h59,61,65-67,69-72,74-75,77-79H,3-58,60,62-64H2,1-2H3,(H,73,76)/b61-59+. The third kappa shape index (κ3) is 50.8. The van der Waals surface area contributed by atoms with Gasteiger partial charge < -0.3 is 40.3 Å². The molecule has 0 aromatic heterocycles. The second-order valence-electron chi connectivity index (χ2n) is 25.8. The summed E-state index contributed by atoms with van der Waals surface area (Å²) in [5.41, 5.74) is 0. The van der Waals surface area contributed by atoms with Crippen molar-refractivity contribution < 1.29 is 39.8 Å². The maximum atomic E-state index is 13.1. The fourth-order valence-corrected chi connectivity index (χ4v) is 12.2. The van der Waals surface area contributed by atoms with Gasteiger partial charge in [-0.15, -0.1) is 0 Å². The number of rotatable bonds is 65. The molecule has 1 fully saturated rings. The molecule has 0 aromatic carbocycles. The molecule has 1 heterocycles. The molecule has 1 aliphatic rings. The van der Waals surface area contributed by atoms with Crippen LogP contribution in [0.4, 0.5) is 0 Å². The van der Waals surface area contributed by atoms with Gasteiger partial charge in [0.1, 0.15) is 24.4 Å². The van der Waals surface area contributed by atoms with Crippen LogP contribution in [0.3, 0.4) is 0 Å². The Labute approximate surface area is 503 Å². The Kier molecular flexibility index (Phi) is 59.7. The normalized spacial score (nSPS) is 18.3. The smallest absolute Gasteiger partial charge is 0.220 e. The summed E-state index contributed by atoms with van der Waals surface area (Å²) >= 11 is 0. The third-order valence-corrected chi connectivity index (χ3v) is 17.9. The number of nitrogens with one attached hydrogen (secondary N) is 1. The summed E-state index contributed by atoms with van der Waals surface area (Å²) in [4.78, 5) is 13.1. The second kappa shape index (κ2) is 62.0. The number of amides is 1. The maximum absolute atomic E-state index is 13.1. The van der Waals surface area contributed by atoms with Crippen LogP contribution in [0.25, 0.3) is 0 Å². The van der Waals surface area contributed by atoms with Crippen molar-refractivity contribution in [3.8, 4) is 0 Å². The molecule has 0 spiro atoms. The number of ether oxygens (including phenoxy) is 2. The predicted octanol–water partition coefficient (Wildman–Crippen LogP) is 19.9. The van der Waals surface area contributed by atoms with Gasteiger partial charge in [-0.25, -0.2) is 0 Å². The molecule has 1 aliphatic heterocycles. The first-order chi connectivity index (χ1) is 39.8. The maximum Gasteiger partial charge on any atom is 0.220 e. The fourth-order valence-electron chi connectivity index (χ4n) is 12.2. The molecule has 0 bridgehead atoms. The van der Waals surface area contributed by atoms with Crippen molar-refractivity contribution in [2.45, 2.75) is 429 Å². The number of aliphatic hydroxyl groups excluding tert-OH is 5. The number of hydrogen-bond acceptors (Lipinski definition) is 8. The number of hydrogen-bond donors (Lipinski definition) is 6. The van der Waals surface area contributed by atoms with Crippen molar-refractivity contribution in [2.75, 3.05) is 13.2 Å². The molecule has 0 saturated carbocycles. The molecule has 6 N–H and O–H groups in total. The molecule has 9 heteroatoms. The zero-order valence-corrected chi connectivity index (χ0v) is 54.1. The summed E-state index contributed by atoms with van der Waals surface area (Å²) in [5, 5.41) is 54.8. The first-order valence-corrected chi connectivity index (χ1v) is 36.4. The lowest BCUT2D eigenvalue weighted by Gasteiger charge is -2.40. The van der Waals surface area contributed by atoms with E-state index in [1.54, 1.807) is 6.08 Å². The highest BCUT2D eigenvalue weighted by Crippen LogP contribution is 2.24. The van der Waals surface area contributed by atoms with Gasteiger partial charge >= 0.3 is 0 Å². The second-order valence-corrected chi connectivity index (χ2v) is 25.8. The lowest BCUT2D eigenvalue weighted by molar-refractivity contribution is -0.302. The molecule has 7 unspecified atom stereocenters. The van der Waals surface area contributed by atoms with Crippen LogP contribution in [0.1, 0.15) is 386 Å². The van der Waals surface area contributed by atoms with E-state index < -0.39 is 49.5 Å². The van der Waals surface area contributed by atoms with Crippen LogP contribution in [0, 0.1) is 0 Å². The van der Waals surface area contributed by atoms with E-state index in [0.29, 0.717) is 6.42 Å². The van der Waals surface area contributed by atoms with E-state index in [-0.39, 0.29) is 12.5 Å². The highest BCUT2D eigenvalue weighted by atomic mass is 16.7. The van der Waals surface area contributed by atoms with E-state index in [9.17, 15) is 30.3 Å². The first kappa shape index (κ1) is 77.9. The number of aliphatic hydroxyl groups is 5. The molecule has 81 heavy (non-hydrogen) atoms. The van der Waals surface area contributed by atoms with E-state index in [2.05, 4.69) is 19.2 Å². The van der Waals surface area contributed by atoms with Crippen LogP contribution in [0.5, 0.6) is 0 Å². The summed E-state index contributed by atoms with van der Waals surface area (Å²) in [7, 11) is 0. The van der Waals surface area contributed by atoms with Gasteiger partial charge in [-0.2, -0.15) is 0 Å². The average molecular weight is 1150 g/mol. The number of carbonyl (C=O) groups excluding carboxylic acids is 1. The summed E-state index contributed by atoms with van der Waals surface area (Å²) in [6.07, 6.45) is 73.3. The largest absolute Gasteiger partial charge is 0.394 e. The van der Waals surface area contributed by atoms with E-state index in [1.165, 1.54) is 327 Å². The van der Waals surface area contributed by atoms with Crippen molar-refractivity contribution in [1.82, 2.24) is 5.32 Å². The van der Waals surface area contributed by atoms with Gasteiger partial charge in [0.25, 0.3) is 0 Å². The molecule has 9 nitrogen and oxygen atoms in total. The molecule has 1 rings (SSSR count). The monoisotopic (exact) mass is 1150 g/mol. The molecule has 1 amide bonds. The molecule has 7 atom stereocenters. The van der Waals surface area contributed by atoms with Gasteiger partial charge in [0.15, 0.2) is 6.29 Å². The fraction of sp³-hybridized carbons (Fsp3) is 0.958. The summed E-state index contributed by atoms with van der Waals surface area (Å²) in [6, 6.07) is -0.802. The number of carbonyl (C=O) groups is 1. The van der Waals surface area contributed by atoms with Crippen LogP contribution in [0.2, 0.25) is 0 Å². The molecule has 0 aliphatic carbocycles. The third-order valence-electron chi connectivity index (χ3n) is 17.9. The van der Waals surface area contributed by atoms with Crippen LogP contribution in [0.15, 0.2) is 12.2 Å². The Morgan fingerprint density at radius 1 is 0.407 bits per heavy atom. The van der Waals surface area contributed by atoms with Crippen LogP contribution < -0.4 is 5.32 Å². The van der Waals surface area contributed by atoms with Crippen LogP contribution in [-0.4, -0.2) is 87.5 Å². The van der Waals surface area contributed by atoms with Crippen molar-refractivity contribution >= 4 is 5.91 Å². The molecule has 0 radical (unpaired) electrons. The van der Waals surface area contributed by atoms with Crippen molar-refractivity contribution in [3.05, 3.63) is 12.2 Å². The average Bonchev–Trinajstić information content (AvgIpc) is 3.50. The Morgan fingerprint density at radius 3 is 0.963 bits per heavy atom. The quantitative estimate of drug-likeness (QED) is 0.0261.